The molecular weight excluding hydrogens is 228 g/mol. The maximum atomic E-state index is 6.41. The van der Waals surface area contributed by atoms with Crippen molar-refractivity contribution >= 4 is 11.8 Å². The number of hydrogen-bond acceptors (Lipinski definition) is 3. The lowest BCUT2D eigenvalue weighted by Gasteiger charge is -2.37. The molecule has 1 aromatic rings. The van der Waals surface area contributed by atoms with Gasteiger partial charge in [-0.05, 0) is 44.0 Å². The first-order chi connectivity index (χ1) is 8.03. The Balaban J connectivity index is 2.74. The average molecular weight is 252 g/mol. The van der Waals surface area contributed by atoms with Crippen molar-refractivity contribution in [1.82, 2.24) is 4.90 Å². The monoisotopic (exact) mass is 252 g/mol. The molecule has 0 fully saturated rings. The lowest BCUT2D eigenvalue weighted by molar-refractivity contribution is 0.123. The maximum Gasteiger partial charge on any atom is 0.0699 e. The maximum absolute atomic E-state index is 6.41. The zero-order valence-corrected chi connectivity index (χ0v) is 12.2. The van der Waals surface area contributed by atoms with Crippen LogP contribution in [0, 0.1) is 0 Å². The fraction of sp³-hybridized carbons (Fsp3) is 0.571. The second-order valence-corrected chi connectivity index (χ2v) is 5.43. The number of likely N-dealkylation sites (N-methyl/N-ethyl adjacent to an activating group) is 1. The Hall–Kier alpha value is -0.510. The summed E-state index contributed by atoms with van der Waals surface area (Å²) in [6.07, 6.45) is 2.99. The zero-order valence-electron chi connectivity index (χ0n) is 11.4. The van der Waals surface area contributed by atoms with E-state index in [0.717, 1.165) is 19.5 Å². The van der Waals surface area contributed by atoms with Crippen molar-refractivity contribution in [1.29, 1.82) is 0 Å². The molecule has 0 saturated carbocycles. The molecule has 17 heavy (non-hydrogen) atoms. The van der Waals surface area contributed by atoms with Gasteiger partial charge >= 0.3 is 0 Å². The number of benzene rings is 1. The van der Waals surface area contributed by atoms with Gasteiger partial charge in [0.25, 0.3) is 0 Å². The summed E-state index contributed by atoms with van der Waals surface area (Å²) in [7, 11) is 0. The molecule has 2 N–H and O–H groups in total. The highest BCUT2D eigenvalue weighted by atomic mass is 32.2. The third-order valence-corrected chi connectivity index (χ3v) is 3.95. The predicted octanol–water partition coefficient (Wildman–Crippen LogP) is 2.97. The Morgan fingerprint density at radius 3 is 2.12 bits per heavy atom. The second-order valence-electron chi connectivity index (χ2n) is 4.55. The highest BCUT2D eigenvalue weighted by Gasteiger charge is 2.24. The van der Waals surface area contributed by atoms with Gasteiger partial charge in [0.2, 0.25) is 0 Å². The summed E-state index contributed by atoms with van der Waals surface area (Å²) >= 11 is 1.77. The van der Waals surface area contributed by atoms with Gasteiger partial charge in [-0.3, -0.25) is 4.90 Å². The van der Waals surface area contributed by atoms with Crippen molar-refractivity contribution < 1.29 is 0 Å². The van der Waals surface area contributed by atoms with Gasteiger partial charge in [-0.15, -0.1) is 11.8 Å². The van der Waals surface area contributed by atoms with E-state index in [-0.39, 0.29) is 5.66 Å². The molecule has 2 nitrogen and oxygen atoms in total. The predicted molar refractivity (Wildman–Crippen MR) is 77.4 cm³/mol. The number of thioether (sulfide) groups is 1. The number of hydrogen-bond donors (Lipinski definition) is 1. The lowest BCUT2D eigenvalue weighted by atomic mass is 10.0. The summed E-state index contributed by atoms with van der Waals surface area (Å²) in [4.78, 5) is 3.60. The molecule has 1 rings (SSSR count). The Morgan fingerprint density at radius 2 is 1.71 bits per heavy atom. The van der Waals surface area contributed by atoms with Crippen LogP contribution in [0.3, 0.4) is 0 Å². The van der Waals surface area contributed by atoms with Crippen LogP contribution in [0.2, 0.25) is 0 Å². The topological polar surface area (TPSA) is 29.3 Å². The molecular formula is C14H24N2S. The van der Waals surface area contributed by atoms with E-state index in [1.54, 1.807) is 11.8 Å². The Morgan fingerprint density at radius 1 is 1.18 bits per heavy atom. The van der Waals surface area contributed by atoms with E-state index in [1.807, 2.05) is 0 Å². The van der Waals surface area contributed by atoms with E-state index in [0.29, 0.717) is 0 Å². The molecule has 0 aliphatic carbocycles. The van der Waals surface area contributed by atoms with Crippen LogP contribution in [0.25, 0.3) is 0 Å². The van der Waals surface area contributed by atoms with E-state index in [1.165, 1.54) is 10.5 Å². The molecule has 1 atom stereocenters. The van der Waals surface area contributed by atoms with E-state index in [9.17, 15) is 0 Å². The molecule has 1 aromatic carbocycles. The van der Waals surface area contributed by atoms with Crippen molar-refractivity contribution in [2.75, 3.05) is 19.3 Å². The van der Waals surface area contributed by atoms with Crippen molar-refractivity contribution in [3.05, 3.63) is 29.8 Å². The van der Waals surface area contributed by atoms with Crippen molar-refractivity contribution in [2.24, 2.45) is 5.73 Å². The quantitative estimate of drug-likeness (QED) is 0.623. The molecule has 0 aliphatic heterocycles. The normalized spacial score (nSPS) is 14.9. The summed E-state index contributed by atoms with van der Waals surface area (Å²) in [5.41, 5.74) is 7.45. The SMILES string of the molecule is CCN(CC)C(C)(N)Cc1ccc(SC)cc1. The van der Waals surface area contributed by atoms with Gasteiger partial charge in [-0.2, -0.15) is 0 Å². The molecule has 0 radical (unpaired) electrons. The molecule has 3 heteroatoms. The van der Waals surface area contributed by atoms with Crippen LogP contribution in [-0.2, 0) is 6.42 Å². The first-order valence-electron chi connectivity index (χ1n) is 6.20. The van der Waals surface area contributed by atoms with E-state index >= 15 is 0 Å². The summed E-state index contributed by atoms with van der Waals surface area (Å²) in [5.74, 6) is 0. The van der Waals surface area contributed by atoms with Crippen LogP contribution in [0.15, 0.2) is 29.2 Å². The zero-order chi connectivity index (χ0) is 12.9. The fourth-order valence-electron chi connectivity index (χ4n) is 2.21. The second kappa shape index (κ2) is 6.43. The molecule has 1 unspecified atom stereocenters. The molecule has 0 bridgehead atoms. The lowest BCUT2D eigenvalue weighted by Crippen LogP contribution is -2.55. The van der Waals surface area contributed by atoms with Gasteiger partial charge in [0.05, 0.1) is 5.66 Å². The van der Waals surface area contributed by atoms with Gasteiger partial charge in [0.1, 0.15) is 0 Å². The van der Waals surface area contributed by atoms with Gasteiger partial charge in [-0.1, -0.05) is 26.0 Å². The molecule has 0 aliphatic rings. The minimum atomic E-state index is -0.260. The van der Waals surface area contributed by atoms with E-state index in [2.05, 4.69) is 56.2 Å². The van der Waals surface area contributed by atoms with Crippen LogP contribution >= 0.6 is 11.8 Å². The van der Waals surface area contributed by atoms with Gasteiger partial charge < -0.3 is 5.73 Å². The van der Waals surface area contributed by atoms with E-state index < -0.39 is 0 Å². The Bertz CT molecular complexity index is 329. The minimum Gasteiger partial charge on any atom is -0.313 e. The molecule has 0 saturated heterocycles. The third kappa shape index (κ3) is 4.02. The van der Waals surface area contributed by atoms with Crippen LogP contribution in [-0.4, -0.2) is 29.9 Å². The van der Waals surface area contributed by atoms with Gasteiger partial charge in [0, 0.05) is 11.3 Å². The Kier molecular flexibility index (Phi) is 5.50. The molecule has 0 heterocycles. The highest BCUT2D eigenvalue weighted by Crippen LogP contribution is 2.19. The first-order valence-corrected chi connectivity index (χ1v) is 7.42. The Labute approximate surface area is 110 Å². The van der Waals surface area contributed by atoms with Crippen LogP contribution < -0.4 is 5.73 Å². The molecule has 0 spiro atoms. The average Bonchev–Trinajstić information content (AvgIpc) is 2.30. The number of nitrogens with two attached hydrogens (primary N) is 1. The smallest absolute Gasteiger partial charge is 0.0699 e. The van der Waals surface area contributed by atoms with Gasteiger partial charge in [0.15, 0.2) is 0 Å². The summed E-state index contributed by atoms with van der Waals surface area (Å²) in [6.45, 7) is 8.41. The standard InChI is InChI=1S/C14H24N2S/c1-5-16(6-2)14(3,15)11-12-7-9-13(17-4)10-8-12/h7-10H,5-6,11,15H2,1-4H3. The van der Waals surface area contributed by atoms with Crippen molar-refractivity contribution in [3.8, 4) is 0 Å². The molecule has 0 aromatic heterocycles. The highest BCUT2D eigenvalue weighted by molar-refractivity contribution is 7.98. The molecule has 96 valence electrons. The third-order valence-electron chi connectivity index (χ3n) is 3.21. The van der Waals surface area contributed by atoms with E-state index in [4.69, 9.17) is 5.73 Å². The van der Waals surface area contributed by atoms with Crippen molar-refractivity contribution in [3.63, 3.8) is 0 Å². The van der Waals surface area contributed by atoms with Gasteiger partial charge in [-0.25, -0.2) is 0 Å². The van der Waals surface area contributed by atoms with Crippen LogP contribution in [0.1, 0.15) is 26.3 Å². The van der Waals surface area contributed by atoms with Crippen molar-refractivity contribution in [2.45, 2.75) is 37.8 Å². The largest absolute Gasteiger partial charge is 0.313 e. The summed E-state index contributed by atoms with van der Waals surface area (Å²) < 4.78 is 0. The number of nitrogens with zero attached hydrogens (tertiary/aromatic N) is 1. The first kappa shape index (κ1) is 14.6. The number of rotatable bonds is 6. The van der Waals surface area contributed by atoms with Crippen LogP contribution in [0.5, 0.6) is 0 Å². The summed E-state index contributed by atoms with van der Waals surface area (Å²) in [6, 6.07) is 8.69. The summed E-state index contributed by atoms with van der Waals surface area (Å²) in [5, 5.41) is 0. The minimum absolute atomic E-state index is 0.260. The molecule has 0 amide bonds. The fourth-order valence-corrected chi connectivity index (χ4v) is 2.62. The van der Waals surface area contributed by atoms with Crippen LogP contribution in [0.4, 0.5) is 0 Å².